The van der Waals surface area contributed by atoms with Crippen molar-refractivity contribution >= 4 is 17.4 Å². The van der Waals surface area contributed by atoms with Crippen LogP contribution in [0, 0.1) is 5.41 Å². The molecule has 0 bridgehead atoms. The Morgan fingerprint density at radius 1 is 1.41 bits per heavy atom. The summed E-state index contributed by atoms with van der Waals surface area (Å²) in [6.45, 7) is 0.588. The summed E-state index contributed by atoms with van der Waals surface area (Å²) in [5, 5.41) is 12.2. The number of hydrogen-bond acceptors (Lipinski definition) is 3. The molecule has 92 valence electrons. The van der Waals surface area contributed by atoms with Crippen LogP contribution >= 0.6 is 11.6 Å². The van der Waals surface area contributed by atoms with Gasteiger partial charge in [0.05, 0.1) is 6.61 Å². The number of nitrogens with two attached hydrogens (primary N) is 1. The molecule has 0 spiro atoms. The minimum absolute atomic E-state index is 0.0515. The molecule has 1 aromatic rings. The fourth-order valence-corrected chi connectivity index (χ4v) is 1.86. The Morgan fingerprint density at radius 3 is 2.59 bits per heavy atom. The molecule has 1 aromatic carbocycles. The Morgan fingerprint density at radius 2 is 2.06 bits per heavy atom. The van der Waals surface area contributed by atoms with Gasteiger partial charge in [-0.15, -0.1) is 0 Å². The van der Waals surface area contributed by atoms with E-state index in [0.717, 1.165) is 18.6 Å². The molecular formula is C12H15ClN2O2. The molecule has 17 heavy (non-hydrogen) atoms. The highest BCUT2D eigenvalue weighted by Gasteiger charge is 2.44. The SMILES string of the molecule is NC(CC1(COc2ccc(Cl)cc2)CC1)=NO. The first-order valence-corrected chi connectivity index (χ1v) is 5.86. The Balaban J connectivity index is 1.88. The molecule has 1 aliphatic rings. The molecular weight excluding hydrogens is 240 g/mol. The van der Waals surface area contributed by atoms with Crippen molar-refractivity contribution in [1.82, 2.24) is 0 Å². The first-order valence-electron chi connectivity index (χ1n) is 5.48. The summed E-state index contributed by atoms with van der Waals surface area (Å²) in [6.07, 6.45) is 2.69. The molecule has 0 unspecified atom stereocenters. The van der Waals surface area contributed by atoms with Crippen LogP contribution in [0.5, 0.6) is 5.75 Å². The van der Waals surface area contributed by atoms with E-state index in [1.807, 2.05) is 12.1 Å². The zero-order valence-corrected chi connectivity index (χ0v) is 10.2. The van der Waals surface area contributed by atoms with E-state index in [4.69, 9.17) is 27.3 Å². The molecule has 5 heteroatoms. The molecule has 1 aliphatic carbocycles. The molecule has 2 rings (SSSR count). The summed E-state index contributed by atoms with van der Waals surface area (Å²) in [4.78, 5) is 0. The van der Waals surface area contributed by atoms with E-state index in [1.165, 1.54) is 0 Å². The van der Waals surface area contributed by atoms with Crippen molar-refractivity contribution in [3.05, 3.63) is 29.3 Å². The molecule has 0 amide bonds. The molecule has 0 heterocycles. The third kappa shape index (κ3) is 3.27. The fraction of sp³-hybridized carbons (Fsp3) is 0.417. The molecule has 0 radical (unpaired) electrons. The van der Waals surface area contributed by atoms with Crippen LogP contribution in [0.1, 0.15) is 19.3 Å². The molecule has 3 N–H and O–H groups in total. The Bertz CT molecular complexity index is 413. The minimum Gasteiger partial charge on any atom is -0.493 e. The minimum atomic E-state index is 0.0515. The largest absolute Gasteiger partial charge is 0.493 e. The summed E-state index contributed by atoms with van der Waals surface area (Å²) < 4.78 is 5.68. The maximum absolute atomic E-state index is 8.55. The van der Waals surface area contributed by atoms with E-state index in [1.54, 1.807) is 12.1 Å². The predicted octanol–water partition coefficient (Wildman–Crippen LogP) is 2.64. The zero-order valence-electron chi connectivity index (χ0n) is 9.40. The number of hydrogen-bond donors (Lipinski definition) is 2. The van der Waals surface area contributed by atoms with Crippen LogP contribution < -0.4 is 10.5 Å². The maximum atomic E-state index is 8.55. The normalized spacial score (nSPS) is 17.8. The smallest absolute Gasteiger partial charge is 0.139 e. The van der Waals surface area contributed by atoms with Crippen LogP contribution in [0.4, 0.5) is 0 Å². The van der Waals surface area contributed by atoms with E-state index >= 15 is 0 Å². The molecule has 4 nitrogen and oxygen atoms in total. The van der Waals surface area contributed by atoms with Crippen molar-refractivity contribution < 1.29 is 9.94 Å². The average Bonchev–Trinajstić information content (AvgIpc) is 3.09. The van der Waals surface area contributed by atoms with Crippen LogP contribution in [-0.2, 0) is 0 Å². The van der Waals surface area contributed by atoms with Gasteiger partial charge in [-0.25, -0.2) is 0 Å². The lowest BCUT2D eigenvalue weighted by molar-refractivity contribution is 0.236. The van der Waals surface area contributed by atoms with Gasteiger partial charge in [-0.2, -0.15) is 0 Å². The topological polar surface area (TPSA) is 67.8 Å². The molecule has 1 saturated carbocycles. The van der Waals surface area contributed by atoms with Gasteiger partial charge >= 0.3 is 0 Å². The van der Waals surface area contributed by atoms with Crippen molar-refractivity contribution in [3.8, 4) is 5.75 Å². The number of benzene rings is 1. The molecule has 1 fully saturated rings. The first-order chi connectivity index (χ1) is 8.13. The molecule has 0 saturated heterocycles. The predicted molar refractivity (Wildman–Crippen MR) is 66.6 cm³/mol. The van der Waals surface area contributed by atoms with Crippen molar-refractivity contribution in [1.29, 1.82) is 0 Å². The van der Waals surface area contributed by atoms with Gasteiger partial charge in [0.15, 0.2) is 0 Å². The second kappa shape index (κ2) is 4.84. The second-order valence-corrected chi connectivity index (χ2v) is 4.95. The Kier molecular flexibility index (Phi) is 3.43. The van der Waals surface area contributed by atoms with Gasteiger partial charge < -0.3 is 15.7 Å². The highest BCUT2D eigenvalue weighted by Crippen LogP contribution is 2.48. The number of rotatable bonds is 5. The summed E-state index contributed by atoms with van der Waals surface area (Å²) >= 11 is 5.79. The van der Waals surface area contributed by atoms with Gasteiger partial charge in [-0.3, -0.25) is 0 Å². The van der Waals surface area contributed by atoms with Crippen LogP contribution in [0.3, 0.4) is 0 Å². The van der Waals surface area contributed by atoms with Gasteiger partial charge in [0.1, 0.15) is 11.6 Å². The number of nitrogens with zero attached hydrogens (tertiary/aromatic N) is 1. The van der Waals surface area contributed by atoms with Crippen molar-refractivity contribution in [3.63, 3.8) is 0 Å². The summed E-state index contributed by atoms with van der Waals surface area (Å²) in [6, 6.07) is 7.25. The van der Waals surface area contributed by atoms with Crippen molar-refractivity contribution in [2.45, 2.75) is 19.3 Å². The molecule has 0 aromatic heterocycles. The third-order valence-electron chi connectivity index (χ3n) is 3.00. The van der Waals surface area contributed by atoms with Gasteiger partial charge in [-0.1, -0.05) is 16.8 Å². The third-order valence-corrected chi connectivity index (χ3v) is 3.25. The number of amidine groups is 1. The zero-order chi connectivity index (χ0) is 12.3. The highest BCUT2D eigenvalue weighted by atomic mass is 35.5. The van der Waals surface area contributed by atoms with Gasteiger partial charge in [0, 0.05) is 16.9 Å². The van der Waals surface area contributed by atoms with Crippen molar-refractivity contribution in [2.24, 2.45) is 16.3 Å². The number of halogens is 1. The lowest BCUT2D eigenvalue weighted by Gasteiger charge is -2.15. The standard InChI is InChI=1S/C12H15ClN2O2/c13-9-1-3-10(4-2-9)17-8-12(5-6-12)7-11(14)15-16/h1-4,16H,5-8H2,(H2,14,15). The number of ether oxygens (including phenoxy) is 1. The van der Waals surface area contributed by atoms with Gasteiger partial charge in [-0.05, 0) is 37.1 Å². The summed E-state index contributed by atoms with van der Waals surface area (Å²) in [7, 11) is 0. The van der Waals surface area contributed by atoms with E-state index in [2.05, 4.69) is 5.16 Å². The highest BCUT2D eigenvalue weighted by molar-refractivity contribution is 6.30. The Labute approximate surface area is 105 Å². The van der Waals surface area contributed by atoms with E-state index < -0.39 is 0 Å². The van der Waals surface area contributed by atoms with E-state index in [-0.39, 0.29) is 11.3 Å². The van der Waals surface area contributed by atoms with Crippen LogP contribution in [0.15, 0.2) is 29.4 Å². The first kappa shape index (κ1) is 12.0. The lowest BCUT2D eigenvalue weighted by Crippen LogP contribution is -2.22. The van der Waals surface area contributed by atoms with E-state index in [9.17, 15) is 0 Å². The Hall–Kier alpha value is -1.42. The number of oxime groups is 1. The molecule has 0 atom stereocenters. The van der Waals surface area contributed by atoms with Gasteiger partial charge in [0.25, 0.3) is 0 Å². The van der Waals surface area contributed by atoms with Crippen LogP contribution in [0.2, 0.25) is 5.02 Å². The van der Waals surface area contributed by atoms with Gasteiger partial charge in [0.2, 0.25) is 0 Å². The fourth-order valence-electron chi connectivity index (χ4n) is 1.74. The maximum Gasteiger partial charge on any atom is 0.139 e. The summed E-state index contributed by atoms with van der Waals surface area (Å²) in [5.41, 5.74) is 5.57. The molecule has 0 aliphatic heterocycles. The average molecular weight is 255 g/mol. The quantitative estimate of drug-likeness (QED) is 0.367. The van der Waals surface area contributed by atoms with Crippen LogP contribution in [-0.4, -0.2) is 17.6 Å². The van der Waals surface area contributed by atoms with Crippen molar-refractivity contribution in [2.75, 3.05) is 6.61 Å². The lowest BCUT2D eigenvalue weighted by atomic mass is 10.0. The van der Waals surface area contributed by atoms with E-state index in [0.29, 0.717) is 18.1 Å². The monoisotopic (exact) mass is 254 g/mol. The summed E-state index contributed by atoms with van der Waals surface area (Å²) in [5.74, 6) is 1.06. The second-order valence-electron chi connectivity index (χ2n) is 4.51. The van der Waals surface area contributed by atoms with Crippen LogP contribution in [0.25, 0.3) is 0 Å².